The lowest BCUT2D eigenvalue weighted by Gasteiger charge is -2.22. The van der Waals surface area contributed by atoms with Gasteiger partial charge in [-0.3, -0.25) is 0 Å². The van der Waals surface area contributed by atoms with Crippen LogP contribution in [0.4, 0.5) is 21.6 Å². The number of aryl methyl sites for hydroxylation is 1. The maximum Gasteiger partial charge on any atom is 0.151 e. The fourth-order valence-electron chi connectivity index (χ4n) is 5.48. The van der Waals surface area contributed by atoms with Crippen molar-refractivity contribution in [1.29, 1.82) is 0 Å². The summed E-state index contributed by atoms with van der Waals surface area (Å²) in [4.78, 5) is 8.90. The quantitative estimate of drug-likeness (QED) is 0.462. The molecule has 6 rings (SSSR count). The Hall–Kier alpha value is -3.06. The number of nitrogens with one attached hydrogen (secondary N) is 1. The van der Waals surface area contributed by atoms with E-state index in [1.807, 2.05) is 6.92 Å². The highest BCUT2D eigenvalue weighted by Gasteiger charge is 2.43. The molecule has 0 radical (unpaired) electrons. The third kappa shape index (κ3) is 5.13. The zero-order valence-corrected chi connectivity index (χ0v) is 22.6. The first-order valence-corrected chi connectivity index (χ1v) is 14.9. The molecule has 0 bridgehead atoms. The Morgan fingerprint density at radius 2 is 2.00 bits per heavy atom. The van der Waals surface area contributed by atoms with E-state index < -0.39 is 21.7 Å². The molecule has 3 aliphatic heterocycles. The minimum Gasteiger partial charge on any atom is -0.494 e. The average Bonchev–Trinajstić information content (AvgIpc) is 3.53. The first-order chi connectivity index (χ1) is 18.8. The Balaban J connectivity index is 1.36. The number of aromatic nitrogens is 2. The average molecular weight is 559 g/mol. The minimum atomic E-state index is -2.53. The van der Waals surface area contributed by atoms with E-state index in [-0.39, 0.29) is 18.3 Å². The van der Waals surface area contributed by atoms with Gasteiger partial charge in [0, 0.05) is 35.1 Å². The predicted octanol–water partition coefficient (Wildman–Crippen LogP) is 4.02. The van der Waals surface area contributed by atoms with Gasteiger partial charge in [-0.25, -0.2) is 18.6 Å². The molecule has 3 saturated heterocycles. The Kier molecular flexibility index (Phi) is 7.04. The van der Waals surface area contributed by atoms with Gasteiger partial charge in [0.15, 0.2) is 6.10 Å². The summed E-state index contributed by atoms with van der Waals surface area (Å²) in [5.74, 6) is 1.49. The molecule has 3 fully saturated rings. The molecule has 4 heterocycles. The van der Waals surface area contributed by atoms with Gasteiger partial charge in [-0.2, -0.15) is 4.36 Å². The molecule has 3 atom stereocenters. The normalized spacial score (nSPS) is 28.3. The van der Waals surface area contributed by atoms with E-state index in [1.165, 1.54) is 25.6 Å². The lowest BCUT2D eigenvalue weighted by molar-refractivity contribution is 0.0310. The van der Waals surface area contributed by atoms with Crippen LogP contribution in [-0.4, -0.2) is 75.5 Å². The SMILES string of the molecule is COc1c(N=S2(=O)CCC(O)CC2)cc2ncnc(Nc3ccc(F)cc3O[C@@H]3CO[C@@H]4CCO[C@@H]43)c2c1C. The molecule has 0 aliphatic carbocycles. The summed E-state index contributed by atoms with van der Waals surface area (Å²) in [6, 6.07) is 6.01. The van der Waals surface area contributed by atoms with Gasteiger partial charge in [0.05, 0.1) is 46.9 Å². The van der Waals surface area contributed by atoms with Crippen molar-refractivity contribution in [2.24, 2.45) is 4.36 Å². The summed E-state index contributed by atoms with van der Waals surface area (Å²) in [6.07, 6.45) is 2.16. The molecular weight excluding hydrogens is 527 g/mol. The van der Waals surface area contributed by atoms with Crippen molar-refractivity contribution in [2.45, 2.75) is 50.6 Å². The molecule has 1 aromatic heterocycles. The van der Waals surface area contributed by atoms with Crippen molar-refractivity contribution in [1.82, 2.24) is 9.97 Å². The number of hydrogen-bond donors (Lipinski definition) is 2. The van der Waals surface area contributed by atoms with Gasteiger partial charge in [-0.15, -0.1) is 0 Å². The Bertz CT molecular complexity index is 1510. The van der Waals surface area contributed by atoms with Gasteiger partial charge in [-0.05, 0) is 44.4 Å². The van der Waals surface area contributed by atoms with Crippen LogP contribution in [0.25, 0.3) is 10.9 Å². The third-order valence-electron chi connectivity index (χ3n) is 7.50. The van der Waals surface area contributed by atoms with Crippen LogP contribution >= 0.6 is 0 Å². The van der Waals surface area contributed by atoms with Crippen molar-refractivity contribution in [3.05, 3.63) is 42.0 Å². The monoisotopic (exact) mass is 558 g/mol. The van der Waals surface area contributed by atoms with Gasteiger partial charge in [-0.1, -0.05) is 0 Å². The summed E-state index contributed by atoms with van der Waals surface area (Å²) in [5.41, 5.74) is 2.27. The largest absolute Gasteiger partial charge is 0.494 e. The number of rotatable bonds is 6. The Morgan fingerprint density at radius 1 is 1.18 bits per heavy atom. The first kappa shape index (κ1) is 26.2. The zero-order chi connectivity index (χ0) is 27.1. The number of hydrogen-bond acceptors (Lipinski definition) is 10. The smallest absolute Gasteiger partial charge is 0.151 e. The van der Waals surface area contributed by atoms with Crippen LogP contribution in [0, 0.1) is 12.7 Å². The minimum absolute atomic E-state index is 0.00530. The van der Waals surface area contributed by atoms with Gasteiger partial charge < -0.3 is 29.4 Å². The molecule has 2 N–H and O–H groups in total. The summed E-state index contributed by atoms with van der Waals surface area (Å²) in [6.45, 7) is 2.84. The number of ether oxygens (including phenoxy) is 4. The molecule has 0 saturated carbocycles. The molecule has 10 nitrogen and oxygen atoms in total. The van der Waals surface area contributed by atoms with E-state index in [4.69, 9.17) is 18.9 Å². The molecular formula is C27H31FN4O6S. The highest BCUT2D eigenvalue weighted by Crippen LogP contribution is 2.41. The van der Waals surface area contributed by atoms with Crippen LogP contribution in [0.1, 0.15) is 24.8 Å². The van der Waals surface area contributed by atoms with Gasteiger partial charge >= 0.3 is 0 Å². The number of aliphatic hydroxyl groups excluding tert-OH is 1. The van der Waals surface area contributed by atoms with E-state index in [9.17, 15) is 13.7 Å². The van der Waals surface area contributed by atoms with E-state index in [0.29, 0.717) is 82.7 Å². The maximum absolute atomic E-state index is 14.3. The van der Waals surface area contributed by atoms with Crippen LogP contribution in [0.2, 0.25) is 0 Å². The Morgan fingerprint density at radius 3 is 2.79 bits per heavy atom. The molecule has 3 aliphatic rings. The second-order valence-corrected chi connectivity index (χ2v) is 12.6. The second kappa shape index (κ2) is 10.5. The number of halogens is 1. The number of nitrogens with zero attached hydrogens (tertiary/aromatic N) is 3. The van der Waals surface area contributed by atoms with Gasteiger partial charge in [0.25, 0.3) is 0 Å². The van der Waals surface area contributed by atoms with Crippen LogP contribution in [-0.2, 0) is 19.2 Å². The maximum atomic E-state index is 14.3. The van der Waals surface area contributed by atoms with Crippen molar-refractivity contribution in [2.75, 3.05) is 37.1 Å². The summed E-state index contributed by atoms with van der Waals surface area (Å²) < 4.78 is 55.7. The lowest BCUT2D eigenvalue weighted by atomic mass is 10.1. The lowest BCUT2D eigenvalue weighted by Crippen LogP contribution is -2.32. The van der Waals surface area contributed by atoms with Crippen LogP contribution in [0.5, 0.6) is 11.5 Å². The standard InChI is InChI=1S/C27H31FN4O6S/c1-15-24-19(12-20(25(15)35-2)32-39(34)9-6-17(33)7-10-39)29-14-30-27(24)31-18-4-3-16(28)11-22(18)38-23-13-37-21-5-8-36-26(21)23/h3-4,11-12,14,17,21,23,26,33H,5-10,13H2,1-2H3,(H,29,30,31)/t17?,21-,23-,26+,39?/m1/s1. The van der Waals surface area contributed by atoms with Crippen LogP contribution < -0.4 is 14.8 Å². The van der Waals surface area contributed by atoms with Gasteiger partial charge in [0.2, 0.25) is 0 Å². The van der Waals surface area contributed by atoms with Crippen LogP contribution in [0.3, 0.4) is 0 Å². The fraction of sp³-hybridized carbons (Fsp3) is 0.481. The molecule has 2 aromatic carbocycles. The van der Waals surface area contributed by atoms with Crippen LogP contribution in [0.15, 0.2) is 35.0 Å². The van der Waals surface area contributed by atoms with E-state index in [1.54, 1.807) is 12.1 Å². The third-order valence-corrected chi connectivity index (χ3v) is 9.78. The molecule has 0 amide bonds. The van der Waals surface area contributed by atoms with Crippen molar-refractivity contribution in [3.8, 4) is 11.5 Å². The number of fused-ring (bicyclic) bond motifs is 2. The molecule has 0 spiro atoms. The topological polar surface area (TPSA) is 124 Å². The fourth-order valence-corrected chi connectivity index (χ4v) is 7.64. The Labute approximate surface area is 226 Å². The number of benzene rings is 2. The number of methoxy groups -OCH3 is 1. The van der Waals surface area contributed by atoms with E-state index >= 15 is 0 Å². The second-order valence-electron chi connectivity index (χ2n) is 10.1. The molecule has 3 aromatic rings. The highest BCUT2D eigenvalue weighted by molar-refractivity contribution is 7.93. The van der Waals surface area contributed by atoms with Gasteiger partial charge in [0.1, 0.15) is 41.3 Å². The van der Waals surface area contributed by atoms with Crippen molar-refractivity contribution < 1.29 is 32.7 Å². The van der Waals surface area contributed by atoms with Crippen molar-refractivity contribution >= 4 is 37.8 Å². The number of aliphatic hydroxyl groups is 1. The van der Waals surface area contributed by atoms with E-state index in [0.717, 1.165) is 6.42 Å². The molecule has 0 unspecified atom stereocenters. The summed E-state index contributed by atoms with van der Waals surface area (Å²) in [5, 5.41) is 13.8. The molecule has 12 heteroatoms. The summed E-state index contributed by atoms with van der Waals surface area (Å²) >= 11 is 0. The van der Waals surface area contributed by atoms with E-state index in [2.05, 4.69) is 19.6 Å². The molecule has 39 heavy (non-hydrogen) atoms. The highest BCUT2D eigenvalue weighted by atomic mass is 32.2. The first-order valence-electron chi connectivity index (χ1n) is 13.0. The predicted molar refractivity (Wildman–Crippen MR) is 144 cm³/mol. The zero-order valence-electron chi connectivity index (χ0n) is 21.8. The molecule has 208 valence electrons. The number of anilines is 2. The summed E-state index contributed by atoms with van der Waals surface area (Å²) in [7, 11) is -0.990. The van der Waals surface area contributed by atoms with Crippen molar-refractivity contribution in [3.63, 3.8) is 0 Å².